The number of nitrogens with zero attached hydrogens (tertiary/aromatic N) is 3. The van der Waals surface area contributed by atoms with Crippen LogP contribution in [0.25, 0.3) is 0 Å². The van der Waals surface area contributed by atoms with Crippen molar-refractivity contribution in [2.75, 3.05) is 5.32 Å². The monoisotopic (exact) mass is 275 g/mol. The van der Waals surface area contributed by atoms with Gasteiger partial charge in [-0.2, -0.15) is 5.10 Å². The number of thiocarbonyl (C=S) groups is 1. The van der Waals surface area contributed by atoms with Crippen molar-refractivity contribution in [1.29, 1.82) is 0 Å². The van der Waals surface area contributed by atoms with E-state index in [1.807, 2.05) is 37.7 Å². The van der Waals surface area contributed by atoms with Crippen LogP contribution in [-0.4, -0.2) is 19.8 Å². The first-order valence-electron chi connectivity index (χ1n) is 6.08. The first kappa shape index (κ1) is 13.5. The van der Waals surface area contributed by atoms with Crippen molar-refractivity contribution in [3.63, 3.8) is 0 Å². The summed E-state index contributed by atoms with van der Waals surface area (Å²) in [7, 11) is 0. The highest BCUT2D eigenvalue weighted by molar-refractivity contribution is 7.80. The Bertz CT molecular complexity index is 617. The molecule has 3 N–H and O–H groups in total. The van der Waals surface area contributed by atoms with E-state index >= 15 is 0 Å². The molecule has 0 radical (unpaired) electrons. The van der Waals surface area contributed by atoms with E-state index in [9.17, 15) is 0 Å². The van der Waals surface area contributed by atoms with Gasteiger partial charge in [-0.1, -0.05) is 12.2 Å². The van der Waals surface area contributed by atoms with Crippen molar-refractivity contribution in [2.24, 2.45) is 5.73 Å². The zero-order valence-corrected chi connectivity index (χ0v) is 12.1. The summed E-state index contributed by atoms with van der Waals surface area (Å²) in [5.41, 5.74) is 9.37. The van der Waals surface area contributed by atoms with Crippen molar-refractivity contribution in [1.82, 2.24) is 14.8 Å². The van der Waals surface area contributed by atoms with Gasteiger partial charge in [-0.05, 0) is 32.4 Å². The highest BCUT2D eigenvalue weighted by atomic mass is 32.1. The Hall–Kier alpha value is -1.95. The Morgan fingerprint density at radius 2 is 2.21 bits per heavy atom. The summed E-state index contributed by atoms with van der Waals surface area (Å²) < 4.78 is 1.84. The lowest BCUT2D eigenvalue weighted by Gasteiger charge is -2.12. The van der Waals surface area contributed by atoms with E-state index in [1.54, 1.807) is 6.20 Å². The molecule has 0 aliphatic heterocycles. The van der Waals surface area contributed by atoms with Crippen molar-refractivity contribution >= 4 is 28.7 Å². The number of nitrogens with one attached hydrogen (secondary N) is 1. The summed E-state index contributed by atoms with van der Waals surface area (Å²) in [5.74, 6) is 0.681. The second-order valence-electron chi connectivity index (χ2n) is 4.38. The van der Waals surface area contributed by atoms with Gasteiger partial charge < -0.3 is 11.1 Å². The average Bonchev–Trinajstić information content (AvgIpc) is 2.75. The molecule has 0 aliphatic rings. The Morgan fingerprint density at radius 3 is 2.79 bits per heavy atom. The number of aromatic nitrogens is 3. The molecule has 0 amide bonds. The number of nitrogens with two attached hydrogens (primary N) is 1. The number of rotatable bonds is 4. The first-order chi connectivity index (χ1) is 9.01. The molecule has 0 saturated carbocycles. The molecule has 0 atom stereocenters. The van der Waals surface area contributed by atoms with Crippen LogP contribution in [0.3, 0.4) is 0 Å². The van der Waals surface area contributed by atoms with E-state index in [1.165, 1.54) is 0 Å². The predicted octanol–water partition coefficient (Wildman–Crippen LogP) is 2.29. The molecule has 0 spiro atoms. The third kappa shape index (κ3) is 2.90. The predicted molar refractivity (Wildman–Crippen MR) is 80.8 cm³/mol. The van der Waals surface area contributed by atoms with E-state index in [4.69, 9.17) is 18.0 Å². The summed E-state index contributed by atoms with van der Waals surface area (Å²) in [6.07, 6.45) is 3.68. The van der Waals surface area contributed by atoms with Crippen LogP contribution >= 0.6 is 12.2 Å². The number of aryl methyl sites for hydroxylation is 3. The summed E-state index contributed by atoms with van der Waals surface area (Å²) in [6, 6.07) is 1.97. The van der Waals surface area contributed by atoms with E-state index in [2.05, 4.69) is 15.4 Å². The van der Waals surface area contributed by atoms with Gasteiger partial charge in [0.25, 0.3) is 0 Å². The minimum Gasteiger partial charge on any atom is -0.389 e. The zero-order valence-electron chi connectivity index (χ0n) is 11.3. The van der Waals surface area contributed by atoms with Crippen LogP contribution in [0.5, 0.6) is 0 Å². The van der Waals surface area contributed by atoms with Crippen LogP contribution in [0.4, 0.5) is 11.5 Å². The molecule has 19 heavy (non-hydrogen) atoms. The summed E-state index contributed by atoms with van der Waals surface area (Å²) in [6.45, 7) is 6.78. The topological polar surface area (TPSA) is 68.8 Å². The minimum absolute atomic E-state index is 0.343. The van der Waals surface area contributed by atoms with Crippen LogP contribution in [-0.2, 0) is 6.54 Å². The maximum atomic E-state index is 5.78. The van der Waals surface area contributed by atoms with Gasteiger partial charge in [-0.3, -0.25) is 4.68 Å². The lowest BCUT2D eigenvalue weighted by Crippen LogP contribution is -2.15. The van der Waals surface area contributed by atoms with Crippen molar-refractivity contribution in [3.8, 4) is 0 Å². The Labute approximate surface area is 117 Å². The number of pyridine rings is 1. The number of hydrogen-bond acceptors (Lipinski definition) is 4. The fraction of sp³-hybridized carbons (Fsp3) is 0.308. The van der Waals surface area contributed by atoms with Gasteiger partial charge in [-0.25, -0.2) is 4.98 Å². The summed E-state index contributed by atoms with van der Waals surface area (Å²) in [4.78, 5) is 4.81. The van der Waals surface area contributed by atoms with Crippen molar-refractivity contribution in [3.05, 3.63) is 35.3 Å². The maximum Gasteiger partial charge on any atom is 0.141 e. The third-order valence-electron chi connectivity index (χ3n) is 2.81. The van der Waals surface area contributed by atoms with Crippen LogP contribution in [0.1, 0.15) is 23.7 Å². The molecule has 0 saturated heterocycles. The van der Waals surface area contributed by atoms with Crippen LogP contribution in [0.15, 0.2) is 18.5 Å². The van der Waals surface area contributed by atoms with Gasteiger partial charge in [0.15, 0.2) is 0 Å². The SMILES string of the molecule is CCn1cc(Nc2nc(C)cc(C)c2C(N)=S)cn1. The average molecular weight is 275 g/mol. The molecule has 2 heterocycles. The van der Waals surface area contributed by atoms with Crippen LogP contribution in [0, 0.1) is 13.8 Å². The van der Waals surface area contributed by atoms with E-state index in [0.29, 0.717) is 10.8 Å². The van der Waals surface area contributed by atoms with Crippen molar-refractivity contribution in [2.45, 2.75) is 27.3 Å². The van der Waals surface area contributed by atoms with Gasteiger partial charge in [0.1, 0.15) is 10.8 Å². The van der Waals surface area contributed by atoms with Gasteiger partial charge >= 0.3 is 0 Å². The smallest absolute Gasteiger partial charge is 0.141 e. The fourth-order valence-electron chi connectivity index (χ4n) is 1.98. The molecule has 0 bridgehead atoms. The molecular weight excluding hydrogens is 258 g/mol. The second-order valence-corrected chi connectivity index (χ2v) is 4.82. The van der Waals surface area contributed by atoms with E-state index in [-0.39, 0.29) is 0 Å². The standard InChI is InChI=1S/C13H17N5S/c1-4-18-7-10(6-15-18)17-13-11(12(14)19)8(2)5-9(3)16-13/h5-7H,4H2,1-3H3,(H2,14,19)(H,16,17). The normalized spacial score (nSPS) is 10.5. The van der Waals surface area contributed by atoms with E-state index < -0.39 is 0 Å². The highest BCUT2D eigenvalue weighted by Crippen LogP contribution is 2.22. The molecule has 0 aromatic carbocycles. The minimum atomic E-state index is 0.343. The number of anilines is 2. The molecule has 100 valence electrons. The highest BCUT2D eigenvalue weighted by Gasteiger charge is 2.12. The van der Waals surface area contributed by atoms with Gasteiger partial charge in [-0.15, -0.1) is 0 Å². The largest absolute Gasteiger partial charge is 0.389 e. The summed E-state index contributed by atoms with van der Waals surface area (Å²) in [5, 5.41) is 7.44. The first-order valence-corrected chi connectivity index (χ1v) is 6.49. The fourth-order valence-corrected chi connectivity index (χ4v) is 2.23. The molecule has 0 unspecified atom stereocenters. The van der Waals surface area contributed by atoms with E-state index in [0.717, 1.165) is 29.1 Å². The van der Waals surface area contributed by atoms with Gasteiger partial charge in [0.2, 0.25) is 0 Å². The lowest BCUT2D eigenvalue weighted by atomic mass is 10.1. The molecule has 0 fully saturated rings. The quantitative estimate of drug-likeness (QED) is 0.838. The lowest BCUT2D eigenvalue weighted by molar-refractivity contribution is 0.660. The molecule has 6 heteroatoms. The van der Waals surface area contributed by atoms with Gasteiger partial charge in [0.05, 0.1) is 17.4 Å². The van der Waals surface area contributed by atoms with Crippen LogP contribution in [0.2, 0.25) is 0 Å². The number of hydrogen-bond donors (Lipinski definition) is 2. The molecule has 2 aromatic rings. The van der Waals surface area contributed by atoms with Crippen LogP contribution < -0.4 is 11.1 Å². The molecule has 2 aromatic heterocycles. The van der Waals surface area contributed by atoms with Crippen molar-refractivity contribution < 1.29 is 0 Å². The molecule has 5 nitrogen and oxygen atoms in total. The zero-order chi connectivity index (χ0) is 14.0. The molecule has 2 rings (SSSR count). The Kier molecular flexibility index (Phi) is 3.80. The summed E-state index contributed by atoms with van der Waals surface area (Å²) >= 11 is 5.10. The second kappa shape index (κ2) is 5.36. The molecular formula is C13H17N5S. The Balaban J connectivity index is 2.40. The maximum absolute atomic E-state index is 5.78. The van der Waals surface area contributed by atoms with Gasteiger partial charge in [0, 0.05) is 18.4 Å². The Morgan fingerprint density at radius 1 is 1.47 bits per heavy atom. The third-order valence-corrected chi connectivity index (χ3v) is 3.02. The molecule has 0 aliphatic carbocycles.